The number of hydroxylamine groups is 2. The number of carbonyl (C=O) groups excluding carboxylic acids is 1. The van der Waals surface area contributed by atoms with E-state index in [0.717, 1.165) is 0 Å². The fraction of sp³-hybridized carbons (Fsp3) is 0.818. The van der Waals surface area contributed by atoms with Gasteiger partial charge >= 0.3 is 6.09 Å². The van der Waals surface area contributed by atoms with E-state index in [2.05, 4.69) is 0 Å². The Labute approximate surface area is 101 Å². The summed E-state index contributed by atoms with van der Waals surface area (Å²) in [7, 11) is 2.97. The van der Waals surface area contributed by atoms with Crippen molar-refractivity contribution in [3.8, 4) is 0 Å². The van der Waals surface area contributed by atoms with E-state index >= 15 is 0 Å². The molecule has 0 aromatic rings. The average Bonchev–Trinajstić information content (AvgIpc) is 2.71. The summed E-state index contributed by atoms with van der Waals surface area (Å²) in [5.74, 6) is -0.152. The third-order valence-electron chi connectivity index (χ3n) is 3.39. The highest BCUT2D eigenvalue weighted by Crippen LogP contribution is 2.30. The van der Waals surface area contributed by atoms with Crippen LogP contribution in [-0.4, -0.2) is 54.3 Å². The van der Waals surface area contributed by atoms with Gasteiger partial charge in [0.15, 0.2) is 0 Å². The minimum Gasteiger partial charge on any atom is -0.465 e. The van der Waals surface area contributed by atoms with Crippen LogP contribution in [0, 0.1) is 17.8 Å². The average molecular weight is 244 g/mol. The van der Waals surface area contributed by atoms with Gasteiger partial charge in [0.25, 0.3) is 5.91 Å². The van der Waals surface area contributed by atoms with Gasteiger partial charge in [0.1, 0.15) is 0 Å². The standard InChI is InChI=1S/C11H20N2O4/c1-7(2)8-5-13(11(15)16)6-9(8)10(14)12(3)17-4/h7-9H,5-6H2,1-4H3,(H,15,16). The summed E-state index contributed by atoms with van der Waals surface area (Å²) >= 11 is 0. The third-order valence-corrected chi connectivity index (χ3v) is 3.39. The molecule has 0 aliphatic carbocycles. The molecule has 1 N–H and O–H groups in total. The summed E-state index contributed by atoms with van der Waals surface area (Å²) in [4.78, 5) is 29.2. The molecule has 17 heavy (non-hydrogen) atoms. The van der Waals surface area contributed by atoms with Crippen molar-refractivity contribution in [3.05, 3.63) is 0 Å². The van der Waals surface area contributed by atoms with Gasteiger partial charge in [-0.15, -0.1) is 0 Å². The predicted molar refractivity (Wildman–Crippen MR) is 61.2 cm³/mol. The van der Waals surface area contributed by atoms with Gasteiger partial charge in [0.05, 0.1) is 13.0 Å². The molecule has 1 rings (SSSR count). The molecule has 0 aromatic carbocycles. The number of carbonyl (C=O) groups is 2. The van der Waals surface area contributed by atoms with Crippen LogP contribution in [0.15, 0.2) is 0 Å². The zero-order chi connectivity index (χ0) is 13.2. The fourth-order valence-electron chi connectivity index (χ4n) is 2.25. The van der Waals surface area contributed by atoms with E-state index in [1.54, 1.807) is 7.05 Å². The van der Waals surface area contributed by atoms with Crippen molar-refractivity contribution in [1.29, 1.82) is 0 Å². The predicted octanol–water partition coefficient (Wildman–Crippen LogP) is 0.888. The van der Waals surface area contributed by atoms with Crippen LogP contribution in [0.1, 0.15) is 13.8 Å². The molecular weight excluding hydrogens is 224 g/mol. The summed E-state index contributed by atoms with van der Waals surface area (Å²) in [5.41, 5.74) is 0. The lowest BCUT2D eigenvalue weighted by atomic mass is 9.85. The highest BCUT2D eigenvalue weighted by molar-refractivity contribution is 5.79. The van der Waals surface area contributed by atoms with E-state index in [9.17, 15) is 9.59 Å². The van der Waals surface area contributed by atoms with Crippen LogP contribution in [-0.2, 0) is 9.63 Å². The first-order chi connectivity index (χ1) is 7.88. The molecule has 1 aliphatic heterocycles. The van der Waals surface area contributed by atoms with Crippen molar-refractivity contribution in [2.45, 2.75) is 13.8 Å². The molecule has 1 aliphatic rings. The van der Waals surface area contributed by atoms with Gasteiger partial charge in [-0.2, -0.15) is 0 Å². The number of likely N-dealkylation sites (tertiary alicyclic amines) is 1. The first-order valence-electron chi connectivity index (χ1n) is 5.68. The van der Waals surface area contributed by atoms with E-state index in [-0.39, 0.29) is 30.2 Å². The Hall–Kier alpha value is -1.30. The van der Waals surface area contributed by atoms with Crippen LogP contribution < -0.4 is 0 Å². The van der Waals surface area contributed by atoms with Gasteiger partial charge in [0, 0.05) is 20.1 Å². The molecule has 0 saturated carbocycles. The van der Waals surface area contributed by atoms with Crippen molar-refractivity contribution in [2.24, 2.45) is 17.8 Å². The number of carboxylic acid groups (broad SMARTS) is 1. The van der Waals surface area contributed by atoms with Crippen molar-refractivity contribution in [2.75, 3.05) is 27.2 Å². The van der Waals surface area contributed by atoms with Gasteiger partial charge in [-0.3, -0.25) is 9.63 Å². The van der Waals surface area contributed by atoms with Gasteiger partial charge in [-0.1, -0.05) is 13.8 Å². The second kappa shape index (κ2) is 5.35. The Balaban J connectivity index is 2.81. The number of amides is 2. The fourth-order valence-corrected chi connectivity index (χ4v) is 2.25. The van der Waals surface area contributed by atoms with Gasteiger partial charge < -0.3 is 10.0 Å². The molecule has 0 aromatic heterocycles. The summed E-state index contributed by atoms with van der Waals surface area (Å²) in [6.07, 6.45) is -0.967. The van der Waals surface area contributed by atoms with Crippen LogP contribution in [0.5, 0.6) is 0 Å². The molecule has 98 valence electrons. The second-order valence-corrected chi connectivity index (χ2v) is 4.72. The zero-order valence-corrected chi connectivity index (χ0v) is 10.7. The second-order valence-electron chi connectivity index (χ2n) is 4.72. The molecule has 0 bridgehead atoms. The SMILES string of the molecule is CON(C)C(=O)C1CN(C(=O)O)CC1C(C)C. The molecule has 0 radical (unpaired) electrons. The first kappa shape index (κ1) is 13.8. The topological polar surface area (TPSA) is 70.1 Å². The molecule has 2 unspecified atom stereocenters. The largest absolute Gasteiger partial charge is 0.465 e. The van der Waals surface area contributed by atoms with Gasteiger partial charge in [-0.25, -0.2) is 9.86 Å². The molecule has 1 heterocycles. The normalized spacial score (nSPS) is 24.2. The van der Waals surface area contributed by atoms with Crippen LogP contribution in [0.25, 0.3) is 0 Å². The maximum Gasteiger partial charge on any atom is 0.407 e. The van der Waals surface area contributed by atoms with E-state index in [1.807, 2.05) is 13.8 Å². The van der Waals surface area contributed by atoms with Crippen molar-refractivity contribution in [1.82, 2.24) is 9.96 Å². The lowest BCUT2D eigenvalue weighted by molar-refractivity contribution is -0.174. The van der Waals surface area contributed by atoms with Crippen molar-refractivity contribution in [3.63, 3.8) is 0 Å². The van der Waals surface area contributed by atoms with Crippen LogP contribution in [0.4, 0.5) is 4.79 Å². The number of nitrogens with zero attached hydrogens (tertiary/aromatic N) is 2. The highest BCUT2D eigenvalue weighted by Gasteiger charge is 2.42. The smallest absolute Gasteiger partial charge is 0.407 e. The quantitative estimate of drug-likeness (QED) is 0.748. The molecule has 1 fully saturated rings. The Kier molecular flexibility index (Phi) is 4.34. The zero-order valence-electron chi connectivity index (χ0n) is 10.7. The number of hydrogen-bond acceptors (Lipinski definition) is 3. The van der Waals surface area contributed by atoms with E-state index in [0.29, 0.717) is 6.54 Å². The lowest BCUT2D eigenvalue weighted by Gasteiger charge is -2.24. The molecule has 0 spiro atoms. The van der Waals surface area contributed by atoms with Crippen molar-refractivity contribution < 1.29 is 19.5 Å². The summed E-state index contributed by atoms with van der Waals surface area (Å²) in [5, 5.41) is 10.1. The Bertz CT molecular complexity index is 306. The molecule has 6 heteroatoms. The first-order valence-corrected chi connectivity index (χ1v) is 5.68. The Morgan fingerprint density at radius 2 is 2.00 bits per heavy atom. The van der Waals surface area contributed by atoms with Crippen LogP contribution in [0.2, 0.25) is 0 Å². The molecule has 1 saturated heterocycles. The molecule has 2 atom stereocenters. The minimum atomic E-state index is -0.967. The highest BCUT2D eigenvalue weighted by atomic mass is 16.7. The maximum atomic E-state index is 12.0. The van der Waals surface area contributed by atoms with E-state index < -0.39 is 6.09 Å². The van der Waals surface area contributed by atoms with E-state index in [4.69, 9.17) is 9.94 Å². The molecule has 2 amide bonds. The lowest BCUT2D eigenvalue weighted by Crippen LogP contribution is -2.37. The summed E-state index contributed by atoms with van der Waals surface area (Å²) in [6, 6.07) is 0. The Morgan fingerprint density at radius 3 is 2.41 bits per heavy atom. The van der Waals surface area contributed by atoms with E-state index in [1.165, 1.54) is 17.1 Å². The maximum absolute atomic E-state index is 12.0. The Morgan fingerprint density at radius 1 is 1.41 bits per heavy atom. The minimum absolute atomic E-state index is 0.0520. The molecular formula is C11H20N2O4. The van der Waals surface area contributed by atoms with Gasteiger partial charge in [0.2, 0.25) is 0 Å². The number of rotatable bonds is 3. The van der Waals surface area contributed by atoms with Crippen LogP contribution in [0.3, 0.4) is 0 Å². The van der Waals surface area contributed by atoms with Crippen molar-refractivity contribution >= 4 is 12.0 Å². The van der Waals surface area contributed by atoms with Crippen LogP contribution >= 0.6 is 0 Å². The summed E-state index contributed by atoms with van der Waals surface area (Å²) in [6.45, 7) is 4.68. The monoisotopic (exact) mass is 244 g/mol. The third kappa shape index (κ3) is 2.88. The van der Waals surface area contributed by atoms with Gasteiger partial charge in [-0.05, 0) is 11.8 Å². The number of hydrogen-bond donors (Lipinski definition) is 1. The molecule has 6 nitrogen and oxygen atoms in total. The summed E-state index contributed by atoms with van der Waals surface area (Å²) < 4.78 is 0.